The molecular formula is C31H40O2. The number of carbonyl (C=O) groups excluding carboxylic acids is 1. The van der Waals surface area contributed by atoms with Crippen molar-refractivity contribution in [3.63, 3.8) is 0 Å². The number of allylic oxidation sites excluding steroid dienone is 15. The van der Waals surface area contributed by atoms with Crippen molar-refractivity contribution in [2.24, 2.45) is 5.41 Å². The summed E-state index contributed by atoms with van der Waals surface area (Å²) in [6, 6.07) is 0. The molecule has 2 nitrogen and oxygen atoms in total. The first-order valence-electron chi connectivity index (χ1n) is 11.6. The maximum absolute atomic E-state index is 11.2. The molecule has 0 unspecified atom stereocenters. The highest BCUT2D eigenvalue weighted by molar-refractivity contribution is 5.92. The highest BCUT2D eigenvalue weighted by Crippen LogP contribution is 2.39. The lowest BCUT2D eigenvalue weighted by Gasteiger charge is -2.34. The minimum atomic E-state index is -0.260. The molecule has 0 aliphatic heterocycles. The molecule has 0 radical (unpaired) electrons. The van der Waals surface area contributed by atoms with E-state index in [0.717, 1.165) is 40.7 Å². The Morgan fingerprint density at radius 1 is 0.909 bits per heavy atom. The van der Waals surface area contributed by atoms with Gasteiger partial charge in [-0.2, -0.15) is 0 Å². The average Bonchev–Trinajstić information content (AvgIpc) is 2.69. The van der Waals surface area contributed by atoms with Crippen LogP contribution in [0, 0.1) is 17.3 Å². The molecule has 0 saturated heterocycles. The van der Waals surface area contributed by atoms with Crippen LogP contribution in [0.1, 0.15) is 68.2 Å². The number of rotatable bonds is 7. The Balaban J connectivity index is 2.71. The van der Waals surface area contributed by atoms with Gasteiger partial charge in [-0.25, -0.2) is 0 Å². The quantitative estimate of drug-likeness (QED) is 0.250. The average molecular weight is 445 g/mol. The van der Waals surface area contributed by atoms with Crippen molar-refractivity contribution in [2.45, 2.75) is 74.3 Å². The topological polar surface area (TPSA) is 37.3 Å². The normalized spacial score (nSPS) is 20.7. The summed E-state index contributed by atoms with van der Waals surface area (Å²) in [5.74, 6) is 6.72. The highest BCUT2D eigenvalue weighted by Gasteiger charge is 2.31. The van der Waals surface area contributed by atoms with Gasteiger partial charge in [-0.1, -0.05) is 103 Å². The van der Waals surface area contributed by atoms with Crippen LogP contribution >= 0.6 is 0 Å². The van der Waals surface area contributed by atoms with Crippen molar-refractivity contribution >= 4 is 5.78 Å². The maximum Gasteiger partial charge on any atom is 0.155 e. The van der Waals surface area contributed by atoms with Crippen molar-refractivity contribution in [1.82, 2.24) is 0 Å². The summed E-state index contributed by atoms with van der Waals surface area (Å²) >= 11 is 0. The van der Waals surface area contributed by atoms with E-state index < -0.39 is 0 Å². The number of Topliss-reactive ketones (excluding diaryl/α,β-unsaturated/α-hetero) is 1. The molecule has 1 aliphatic rings. The maximum atomic E-state index is 11.2. The second-order valence-electron chi connectivity index (χ2n) is 9.53. The van der Waals surface area contributed by atoms with Crippen LogP contribution in [0.5, 0.6) is 0 Å². The first kappa shape index (κ1) is 28.1. The molecule has 0 fully saturated rings. The lowest BCUT2D eigenvalue weighted by atomic mass is 9.72. The van der Waals surface area contributed by atoms with Gasteiger partial charge < -0.3 is 5.11 Å². The van der Waals surface area contributed by atoms with Crippen molar-refractivity contribution in [1.29, 1.82) is 0 Å². The highest BCUT2D eigenvalue weighted by atomic mass is 16.3. The second kappa shape index (κ2) is 13.6. The standard InChI is InChI=1S/C31H40O2/c1-23(13-9-10-14-24(2)17-12-18-26(4)28(6)32)15-11-16-25(3)19-20-30-27(5)21-29(33)22-31(30,7)8/h9-18,29,33H,21-22H2,1-8H3/b10-9+,15-11+,17-12+,23-13+,24-14+,25-16+,26-18+/t29-/m1/s1. The lowest BCUT2D eigenvalue weighted by molar-refractivity contribution is -0.113. The van der Waals surface area contributed by atoms with Crippen molar-refractivity contribution < 1.29 is 9.90 Å². The fourth-order valence-corrected chi connectivity index (χ4v) is 3.61. The summed E-state index contributed by atoms with van der Waals surface area (Å²) < 4.78 is 0. The predicted octanol–water partition coefficient (Wildman–Crippen LogP) is 7.53. The molecule has 1 rings (SSSR count). The van der Waals surface area contributed by atoms with Crippen LogP contribution < -0.4 is 0 Å². The van der Waals surface area contributed by atoms with E-state index in [0.29, 0.717) is 0 Å². The molecule has 1 aliphatic carbocycles. The van der Waals surface area contributed by atoms with Crippen LogP contribution in [0.4, 0.5) is 0 Å². The molecule has 2 heteroatoms. The largest absolute Gasteiger partial charge is 0.393 e. The summed E-state index contributed by atoms with van der Waals surface area (Å²) in [5, 5.41) is 10.0. The molecule has 176 valence electrons. The number of hydrogen-bond acceptors (Lipinski definition) is 2. The van der Waals surface area contributed by atoms with Gasteiger partial charge in [0.05, 0.1) is 6.10 Å². The monoisotopic (exact) mass is 444 g/mol. The zero-order valence-electron chi connectivity index (χ0n) is 21.6. The predicted molar refractivity (Wildman–Crippen MR) is 143 cm³/mol. The van der Waals surface area contributed by atoms with E-state index >= 15 is 0 Å². The number of carbonyl (C=O) groups is 1. The van der Waals surface area contributed by atoms with E-state index in [1.165, 1.54) is 5.57 Å². The van der Waals surface area contributed by atoms with E-state index in [-0.39, 0.29) is 17.3 Å². The van der Waals surface area contributed by atoms with Crippen molar-refractivity contribution in [3.8, 4) is 11.8 Å². The first-order valence-corrected chi connectivity index (χ1v) is 11.6. The van der Waals surface area contributed by atoms with E-state index in [1.807, 2.05) is 69.4 Å². The van der Waals surface area contributed by atoms with Gasteiger partial charge in [0.2, 0.25) is 0 Å². The Bertz CT molecular complexity index is 1020. The minimum Gasteiger partial charge on any atom is -0.393 e. The SMILES string of the molecule is CC(=O)/C(C)=C/C=C/C(C)=C/C=C/C=C(C)/C=C/C=C(\C)C#CC1=C(C)C[C@@H](O)CC1(C)C. The molecule has 1 N–H and O–H groups in total. The second-order valence-corrected chi connectivity index (χ2v) is 9.53. The molecular weight excluding hydrogens is 404 g/mol. The number of aliphatic hydroxyl groups excluding tert-OH is 1. The van der Waals surface area contributed by atoms with Crippen LogP contribution in [-0.4, -0.2) is 17.0 Å². The van der Waals surface area contributed by atoms with Gasteiger partial charge in [-0.3, -0.25) is 4.79 Å². The molecule has 0 aromatic heterocycles. The zero-order valence-corrected chi connectivity index (χ0v) is 21.6. The van der Waals surface area contributed by atoms with Gasteiger partial charge in [0, 0.05) is 11.0 Å². The smallest absolute Gasteiger partial charge is 0.155 e. The van der Waals surface area contributed by atoms with E-state index in [9.17, 15) is 9.90 Å². The van der Waals surface area contributed by atoms with Crippen LogP contribution in [0.15, 0.2) is 94.2 Å². The minimum absolute atomic E-state index is 0.0800. The van der Waals surface area contributed by atoms with Gasteiger partial charge in [-0.15, -0.1) is 0 Å². The van der Waals surface area contributed by atoms with Crippen LogP contribution in [-0.2, 0) is 4.79 Å². The van der Waals surface area contributed by atoms with Gasteiger partial charge in [0.1, 0.15) is 0 Å². The molecule has 0 amide bonds. The van der Waals surface area contributed by atoms with Crippen LogP contribution in [0.2, 0.25) is 0 Å². The molecule has 0 aromatic rings. The van der Waals surface area contributed by atoms with Gasteiger partial charge in [0.15, 0.2) is 5.78 Å². The summed E-state index contributed by atoms with van der Waals surface area (Å²) in [5.41, 5.74) is 6.29. The fourth-order valence-electron chi connectivity index (χ4n) is 3.61. The third-order valence-electron chi connectivity index (χ3n) is 5.57. The Morgan fingerprint density at radius 2 is 1.45 bits per heavy atom. The molecule has 0 saturated carbocycles. The van der Waals surface area contributed by atoms with Crippen LogP contribution in [0.25, 0.3) is 0 Å². The van der Waals surface area contributed by atoms with Crippen molar-refractivity contribution in [2.75, 3.05) is 0 Å². The number of aliphatic hydroxyl groups is 1. The van der Waals surface area contributed by atoms with Crippen molar-refractivity contribution in [3.05, 3.63) is 94.2 Å². The Labute approximate surface area is 201 Å². The number of ketones is 1. The molecule has 0 bridgehead atoms. The summed E-state index contributed by atoms with van der Waals surface area (Å²) in [7, 11) is 0. The summed E-state index contributed by atoms with van der Waals surface area (Å²) in [6.07, 6.45) is 21.1. The Morgan fingerprint density at radius 3 is 1.97 bits per heavy atom. The van der Waals surface area contributed by atoms with E-state index in [1.54, 1.807) is 6.92 Å². The third kappa shape index (κ3) is 11.0. The molecule has 0 spiro atoms. The lowest BCUT2D eigenvalue weighted by Crippen LogP contribution is -2.28. The zero-order chi connectivity index (χ0) is 25.0. The van der Waals surface area contributed by atoms with E-state index in [2.05, 4.69) is 51.7 Å². The van der Waals surface area contributed by atoms with Gasteiger partial charge in [0.25, 0.3) is 0 Å². The molecule has 0 heterocycles. The molecule has 1 atom stereocenters. The number of hydrogen-bond donors (Lipinski definition) is 1. The van der Waals surface area contributed by atoms with Crippen LogP contribution in [0.3, 0.4) is 0 Å². The van der Waals surface area contributed by atoms with E-state index in [4.69, 9.17) is 0 Å². The van der Waals surface area contributed by atoms with Gasteiger partial charge in [-0.05, 0) is 65.5 Å². The van der Waals surface area contributed by atoms with Gasteiger partial charge >= 0.3 is 0 Å². The molecule has 33 heavy (non-hydrogen) atoms. The fraction of sp³-hybridized carbons (Fsp3) is 0.387. The Hall–Kier alpha value is -2.89. The molecule has 0 aromatic carbocycles. The summed E-state index contributed by atoms with van der Waals surface area (Å²) in [4.78, 5) is 11.2. The third-order valence-corrected chi connectivity index (χ3v) is 5.57. The Kier molecular flexibility index (Phi) is 11.6. The summed E-state index contributed by atoms with van der Waals surface area (Å²) in [6.45, 7) is 15.9. The first-order chi connectivity index (χ1) is 15.4.